The lowest BCUT2D eigenvalue weighted by Crippen LogP contribution is -2.28. The number of aryl methyl sites for hydroxylation is 1. The Morgan fingerprint density at radius 2 is 1.83 bits per heavy atom. The highest BCUT2D eigenvalue weighted by Crippen LogP contribution is 2.50. The molecular weight excluding hydrogens is 455 g/mol. The molecule has 1 N–H and O–H groups in total. The molecule has 0 aliphatic carbocycles. The number of fused-ring (bicyclic) bond motifs is 2. The van der Waals surface area contributed by atoms with E-state index in [1.807, 2.05) is 30.3 Å². The molecule has 2 atom stereocenters. The first kappa shape index (κ1) is 24.9. The highest BCUT2D eigenvalue weighted by molar-refractivity contribution is 6.04. The minimum Gasteiger partial charge on any atom is -0.479 e. The fourth-order valence-corrected chi connectivity index (χ4v) is 4.83. The van der Waals surface area contributed by atoms with Crippen molar-refractivity contribution >= 4 is 28.6 Å². The van der Waals surface area contributed by atoms with Crippen LogP contribution in [0.4, 0.5) is 18.9 Å². The van der Waals surface area contributed by atoms with Gasteiger partial charge in [-0.15, -0.1) is 0 Å². The van der Waals surface area contributed by atoms with Crippen molar-refractivity contribution in [2.24, 2.45) is 4.99 Å². The second-order valence-electron chi connectivity index (χ2n) is 10.0. The molecule has 4 nitrogen and oxygen atoms in total. The van der Waals surface area contributed by atoms with Gasteiger partial charge in [-0.1, -0.05) is 43.3 Å². The molecule has 0 fully saturated rings. The van der Waals surface area contributed by atoms with Gasteiger partial charge in [0, 0.05) is 17.3 Å². The summed E-state index contributed by atoms with van der Waals surface area (Å²) < 4.78 is 47.9. The summed E-state index contributed by atoms with van der Waals surface area (Å²) in [5, 5.41) is 11.8. The highest BCUT2D eigenvalue weighted by Gasteiger charge is 2.38. The molecule has 0 amide bonds. The summed E-state index contributed by atoms with van der Waals surface area (Å²) in [4.78, 5) is 16.9. The predicted octanol–water partition coefficient (Wildman–Crippen LogP) is 7.98. The smallest absolute Gasteiger partial charge is 0.416 e. The van der Waals surface area contributed by atoms with E-state index < -0.39 is 29.4 Å². The third-order valence-corrected chi connectivity index (χ3v) is 6.22. The largest absolute Gasteiger partial charge is 0.479 e. The second-order valence-corrected chi connectivity index (χ2v) is 10.0. The lowest BCUT2D eigenvalue weighted by molar-refractivity contribution is -0.160. The maximum absolute atomic E-state index is 13.9. The molecule has 4 rings (SSSR count). The van der Waals surface area contributed by atoms with Gasteiger partial charge in [0.1, 0.15) is 0 Å². The van der Waals surface area contributed by atoms with Crippen LogP contribution in [0.5, 0.6) is 0 Å². The normalized spacial score (nSPS) is 16.9. The Morgan fingerprint density at radius 3 is 2.46 bits per heavy atom. The predicted molar refractivity (Wildman–Crippen MR) is 132 cm³/mol. The number of alkyl halides is 3. The minimum atomic E-state index is -4.53. The topological polar surface area (TPSA) is 58.9 Å². The number of carbonyl (C=O) groups is 1. The Hall–Kier alpha value is -3.19. The zero-order chi connectivity index (χ0) is 25.7. The average Bonchev–Trinajstić information content (AvgIpc) is 2.75. The molecule has 0 aromatic heterocycles. The number of hydrogen-bond donors (Lipinski definition) is 1. The lowest BCUT2D eigenvalue weighted by atomic mass is 9.82. The van der Waals surface area contributed by atoms with Crippen molar-refractivity contribution in [3.05, 3.63) is 64.7 Å². The molecule has 2 unspecified atom stereocenters. The fourth-order valence-electron chi connectivity index (χ4n) is 4.83. The van der Waals surface area contributed by atoms with Crippen LogP contribution >= 0.6 is 0 Å². The van der Waals surface area contributed by atoms with Crippen molar-refractivity contribution < 1.29 is 27.8 Å². The van der Waals surface area contributed by atoms with Gasteiger partial charge in [-0.05, 0) is 73.6 Å². The summed E-state index contributed by atoms with van der Waals surface area (Å²) in [7, 11) is 0. The Balaban J connectivity index is 2.15. The molecule has 3 aromatic carbocycles. The number of aliphatic imine (C=N–C) groups is 1. The number of ether oxygens (including phenoxy) is 1. The maximum Gasteiger partial charge on any atom is 0.416 e. The number of carboxylic acid groups (broad SMARTS) is 1. The molecule has 0 bridgehead atoms. The summed E-state index contributed by atoms with van der Waals surface area (Å²) in [6.45, 7) is 8.86. The van der Waals surface area contributed by atoms with Crippen molar-refractivity contribution in [3.8, 4) is 11.1 Å². The average molecular weight is 484 g/mol. The standard InChI is InChI=1S/C28H28F3NO3/c1-15-12-13-32-24-19(10-11-20(21(15)24)28(29,30)31)23-18-9-7-6-8-17(18)14-16(2)22(23)25(26(33)34)35-27(3,4)5/h6-11,13-15,25H,12H2,1-5H3,(H,33,34). The van der Waals surface area contributed by atoms with Crippen LogP contribution < -0.4 is 0 Å². The summed E-state index contributed by atoms with van der Waals surface area (Å²) in [6, 6.07) is 11.8. The number of aliphatic carboxylic acids is 1. The van der Waals surface area contributed by atoms with Crippen molar-refractivity contribution in [1.82, 2.24) is 0 Å². The third kappa shape index (κ3) is 4.69. The summed E-state index contributed by atoms with van der Waals surface area (Å²) >= 11 is 0. The quantitative estimate of drug-likeness (QED) is 0.409. The Morgan fingerprint density at radius 1 is 1.14 bits per heavy atom. The molecule has 1 heterocycles. The van der Waals surface area contributed by atoms with E-state index in [1.165, 1.54) is 6.07 Å². The zero-order valence-electron chi connectivity index (χ0n) is 20.3. The van der Waals surface area contributed by atoms with Gasteiger partial charge < -0.3 is 9.84 Å². The number of rotatable bonds is 4. The first-order valence-electron chi connectivity index (χ1n) is 11.5. The number of nitrogens with zero attached hydrogens (tertiary/aromatic N) is 1. The van der Waals surface area contributed by atoms with E-state index in [2.05, 4.69) is 4.99 Å². The van der Waals surface area contributed by atoms with E-state index in [4.69, 9.17) is 4.74 Å². The number of benzene rings is 3. The highest BCUT2D eigenvalue weighted by atomic mass is 19.4. The van der Waals surface area contributed by atoms with Gasteiger partial charge >= 0.3 is 12.1 Å². The summed E-state index contributed by atoms with van der Waals surface area (Å²) in [5.74, 6) is -1.56. The van der Waals surface area contributed by atoms with Gasteiger partial charge in [-0.25, -0.2) is 4.79 Å². The van der Waals surface area contributed by atoms with Crippen molar-refractivity contribution in [2.45, 2.75) is 64.8 Å². The van der Waals surface area contributed by atoms with Crippen LogP contribution in [0.25, 0.3) is 21.9 Å². The molecular formula is C28H28F3NO3. The van der Waals surface area contributed by atoms with Gasteiger partial charge in [-0.2, -0.15) is 13.2 Å². The minimum absolute atomic E-state index is 0.137. The molecule has 35 heavy (non-hydrogen) atoms. The Labute approximate surface area is 202 Å². The number of hydrogen-bond acceptors (Lipinski definition) is 3. The van der Waals surface area contributed by atoms with E-state index in [0.717, 1.165) is 16.8 Å². The van der Waals surface area contributed by atoms with Gasteiger partial charge in [-0.3, -0.25) is 4.99 Å². The van der Waals surface area contributed by atoms with Crippen LogP contribution in [0.3, 0.4) is 0 Å². The SMILES string of the molecule is Cc1cc2ccccc2c(-c2ccc(C(F)(F)F)c3c2N=CCC3C)c1C(OC(C)(C)C)C(=O)O. The molecule has 1 aliphatic rings. The summed E-state index contributed by atoms with van der Waals surface area (Å²) in [5.41, 5.74) is 0.985. The first-order chi connectivity index (χ1) is 16.3. The van der Waals surface area contributed by atoms with E-state index in [-0.39, 0.29) is 17.2 Å². The molecule has 7 heteroatoms. The monoisotopic (exact) mass is 483 g/mol. The van der Waals surface area contributed by atoms with E-state index in [0.29, 0.717) is 28.7 Å². The molecule has 3 aromatic rings. The Kier molecular flexibility index (Phi) is 6.26. The molecule has 0 saturated carbocycles. The van der Waals surface area contributed by atoms with Gasteiger partial charge in [0.05, 0.1) is 16.9 Å². The van der Waals surface area contributed by atoms with Gasteiger partial charge in [0.2, 0.25) is 0 Å². The maximum atomic E-state index is 13.9. The van der Waals surface area contributed by atoms with Crippen LogP contribution in [0.2, 0.25) is 0 Å². The van der Waals surface area contributed by atoms with Crippen LogP contribution in [0.1, 0.15) is 68.4 Å². The van der Waals surface area contributed by atoms with E-state index >= 15 is 0 Å². The van der Waals surface area contributed by atoms with Crippen LogP contribution in [0.15, 0.2) is 47.5 Å². The number of carboxylic acids is 1. The van der Waals surface area contributed by atoms with Crippen LogP contribution in [-0.2, 0) is 15.7 Å². The number of halogens is 3. The summed E-state index contributed by atoms with van der Waals surface area (Å²) in [6.07, 6.45) is -3.82. The van der Waals surface area contributed by atoms with Crippen molar-refractivity contribution in [3.63, 3.8) is 0 Å². The van der Waals surface area contributed by atoms with Crippen molar-refractivity contribution in [1.29, 1.82) is 0 Å². The fraction of sp³-hybridized carbons (Fsp3) is 0.357. The van der Waals surface area contributed by atoms with Gasteiger partial charge in [0.25, 0.3) is 0 Å². The molecule has 0 saturated heterocycles. The second kappa shape index (κ2) is 8.79. The van der Waals surface area contributed by atoms with Crippen molar-refractivity contribution in [2.75, 3.05) is 0 Å². The molecule has 1 aliphatic heterocycles. The van der Waals surface area contributed by atoms with E-state index in [1.54, 1.807) is 40.8 Å². The Bertz CT molecular complexity index is 1340. The van der Waals surface area contributed by atoms with Crippen LogP contribution in [0, 0.1) is 6.92 Å². The third-order valence-electron chi connectivity index (χ3n) is 6.22. The molecule has 0 spiro atoms. The first-order valence-corrected chi connectivity index (χ1v) is 11.5. The zero-order valence-corrected chi connectivity index (χ0v) is 20.3. The van der Waals surface area contributed by atoms with Crippen LogP contribution in [-0.4, -0.2) is 22.9 Å². The van der Waals surface area contributed by atoms with E-state index in [9.17, 15) is 23.1 Å². The van der Waals surface area contributed by atoms with Gasteiger partial charge in [0.15, 0.2) is 6.10 Å². The molecule has 0 radical (unpaired) electrons. The molecule has 184 valence electrons. The lowest BCUT2D eigenvalue weighted by Gasteiger charge is -2.30.